The maximum absolute atomic E-state index is 5.97. The molecular weight excluding hydrogens is 286 g/mol. The third-order valence-corrected chi connectivity index (χ3v) is 3.64. The van der Waals surface area contributed by atoms with Crippen molar-refractivity contribution in [2.45, 2.75) is 5.16 Å². The van der Waals surface area contributed by atoms with Crippen molar-refractivity contribution < 1.29 is 4.74 Å². The van der Waals surface area contributed by atoms with E-state index in [2.05, 4.69) is 24.8 Å². The molecule has 2 heterocycles. The first-order valence-corrected chi connectivity index (χ1v) is 7.53. The van der Waals surface area contributed by atoms with Gasteiger partial charge in [0.1, 0.15) is 0 Å². The Kier molecular flexibility index (Phi) is 5.62. The topological polar surface area (TPSA) is 54.4 Å². The van der Waals surface area contributed by atoms with Crippen molar-refractivity contribution in [2.75, 3.05) is 57.6 Å². The Morgan fingerprint density at radius 1 is 1.26 bits per heavy atom. The summed E-state index contributed by atoms with van der Waals surface area (Å²) in [6.45, 7) is 3.96. The normalized spacial score (nSPS) is 16.1. The number of nitrogens with zero attached hydrogens (tertiary/aromatic N) is 5. The van der Waals surface area contributed by atoms with E-state index in [1.807, 2.05) is 14.1 Å². The van der Waals surface area contributed by atoms with Crippen LogP contribution in [-0.2, 0) is 4.74 Å². The van der Waals surface area contributed by atoms with Crippen LogP contribution in [0.3, 0.4) is 0 Å². The summed E-state index contributed by atoms with van der Waals surface area (Å²) in [6, 6.07) is 0. The second-order valence-corrected chi connectivity index (χ2v) is 5.84. The van der Waals surface area contributed by atoms with Gasteiger partial charge in [-0.1, -0.05) is 11.8 Å². The van der Waals surface area contributed by atoms with Crippen LogP contribution in [0.4, 0.5) is 5.95 Å². The van der Waals surface area contributed by atoms with Gasteiger partial charge in [0.25, 0.3) is 0 Å². The fraction of sp³-hybridized carbons (Fsp3) is 0.727. The van der Waals surface area contributed by atoms with Gasteiger partial charge in [0.15, 0.2) is 5.16 Å². The Hall–Kier alpha value is -0.630. The van der Waals surface area contributed by atoms with Crippen molar-refractivity contribution in [3.63, 3.8) is 0 Å². The standard InChI is InChI=1S/C11H18ClN5OS/c1-16(2)5-8-19-11-14-9(12)13-10(15-11)17-3-6-18-7-4-17/h3-8H2,1-2H3. The third kappa shape index (κ3) is 4.76. The highest BCUT2D eigenvalue weighted by Crippen LogP contribution is 2.19. The van der Waals surface area contributed by atoms with E-state index in [0.29, 0.717) is 24.3 Å². The van der Waals surface area contributed by atoms with Gasteiger partial charge in [-0.05, 0) is 25.7 Å². The van der Waals surface area contributed by atoms with Crippen molar-refractivity contribution in [1.29, 1.82) is 0 Å². The van der Waals surface area contributed by atoms with Gasteiger partial charge in [0.05, 0.1) is 13.2 Å². The van der Waals surface area contributed by atoms with Crippen LogP contribution < -0.4 is 4.90 Å². The van der Waals surface area contributed by atoms with Crippen molar-refractivity contribution in [2.24, 2.45) is 0 Å². The van der Waals surface area contributed by atoms with E-state index in [1.54, 1.807) is 11.8 Å². The lowest BCUT2D eigenvalue weighted by molar-refractivity contribution is 0.122. The molecule has 1 aliphatic heterocycles. The SMILES string of the molecule is CN(C)CCSc1nc(Cl)nc(N2CCOCC2)n1. The van der Waals surface area contributed by atoms with E-state index in [4.69, 9.17) is 16.3 Å². The van der Waals surface area contributed by atoms with Crippen LogP contribution in [0.5, 0.6) is 0 Å². The molecule has 0 aliphatic carbocycles. The smallest absolute Gasteiger partial charge is 0.230 e. The molecule has 2 rings (SSSR count). The number of rotatable bonds is 5. The molecule has 0 amide bonds. The van der Waals surface area contributed by atoms with E-state index in [9.17, 15) is 0 Å². The molecule has 19 heavy (non-hydrogen) atoms. The molecule has 6 nitrogen and oxygen atoms in total. The Balaban J connectivity index is 2.01. The molecule has 106 valence electrons. The highest BCUT2D eigenvalue weighted by Gasteiger charge is 2.16. The molecule has 0 N–H and O–H groups in total. The third-order valence-electron chi connectivity index (χ3n) is 2.64. The number of anilines is 1. The molecule has 1 aliphatic rings. The largest absolute Gasteiger partial charge is 0.378 e. The summed E-state index contributed by atoms with van der Waals surface area (Å²) in [5, 5.41) is 0.937. The predicted molar refractivity (Wildman–Crippen MR) is 77.1 cm³/mol. The minimum atomic E-state index is 0.254. The summed E-state index contributed by atoms with van der Waals surface area (Å²) in [5.41, 5.74) is 0. The van der Waals surface area contributed by atoms with Crippen LogP contribution in [0.25, 0.3) is 0 Å². The zero-order valence-electron chi connectivity index (χ0n) is 11.2. The van der Waals surface area contributed by atoms with Crippen molar-refractivity contribution in [3.05, 3.63) is 5.28 Å². The average molecular weight is 304 g/mol. The molecule has 0 radical (unpaired) electrons. The molecule has 0 atom stereocenters. The van der Waals surface area contributed by atoms with E-state index in [0.717, 1.165) is 25.4 Å². The van der Waals surface area contributed by atoms with Gasteiger partial charge in [-0.3, -0.25) is 0 Å². The molecule has 1 fully saturated rings. The van der Waals surface area contributed by atoms with Crippen LogP contribution in [0, 0.1) is 0 Å². The molecular formula is C11H18ClN5OS. The first-order valence-electron chi connectivity index (χ1n) is 6.17. The van der Waals surface area contributed by atoms with Crippen LogP contribution in [0.1, 0.15) is 0 Å². The van der Waals surface area contributed by atoms with Crippen molar-refractivity contribution in [1.82, 2.24) is 19.9 Å². The highest BCUT2D eigenvalue weighted by atomic mass is 35.5. The monoisotopic (exact) mass is 303 g/mol. The molecule has 0 bridgehead atoms. The lowest BCUT2D eigenvalue weighted by atomic mass is 10.4. The van der Waals surface area contributed by atoms with E-state index in [-0.39, 0.29) is 5.28 Å². The number of hydrogen-bond donors (Lipinski definition) is 0. The minimum absolute atomic E-state index is 0.254. The summed E-state index contributed by atoms with van der Waals surface area (Å²) in [7, 11) is 4.08. The van der Waals surface area contributed by atoms with Gasteiger partial charge in [-0.15, -0.1) is 0 Å². The first-order chi connectivity index (χ1) is 9.15. The van der Waals surface area contributed by atoms with E-state index < -0.39 is 0 Å². The number of morpholine rings is 1. The maximum atomic E-state index is 5.97. The van der Waals surface area contributed by atoms with Crippen molar-refractivity contribution >= 4 is 29.3 Å². The number of ether oxygens (including phenoxy) is 1. The number of hydrogen-bond acceptors (Lipinski definition) is 7. The van der Waals surface area contributed by atoms with Crippen LogP contribution >= 0.6 is 23.4 Å². The molecule has 1 aromatic heterocycles. The average Bonchev–Trinajstić information content (AvgIpc) is 2.39. The predicted octanol–water partition coefficient (Wildman–Crippen LogP) is 1.02. The fourth-order valence-electron chi connectivity index (χ4n) is 1.61. The van der Waals surface area contributed by atoms with Crippen LogP contribution in [0.15, 0.2) is 5.16 Å². The van der Waals surface area contributed by atoms with Gasteiger partial charge in [0, 0.05) is 25.4 Å². The summed E-state index contributed by atoms with van der Waals surface area (Å²) in [6.07, 6.45) is 0. The van der Waals surface area contributed by atoms with Crippen LogP contribution in [0.2, 0.25) is 5.28 Å². The molecule has 1 aromatic rings. The first kappa shape index (κ1) is 14.8. The van der Waals surface area contributed by atoms with E-state index >= 15 is 0 Å². The molecule has 1 saturated heterocycles. The number of thioether (sulfide) groups is 1. The summed E-state index contributed by atoms with van der Waals surface area (Å²) in [5.74, 6) is 1.58. The Bertz CT molecular complexity index is 414. The zero-order chi connectivity index (χ0) is 13.7. The lowest BCUT2D eigenvalue weighted by Crippen LogP contribution is -2.37. The van der Waals surface area contributed by atoms with Gasteiger partial charge in [-0.2, -0.15) is 15.0 Å². The highest BCUT2D eigenvalue weighted by molar-refractivity contribution is 7.99. The van der Waals surface area contributed by atoms with Crippen LogP contribution in [-0.4, -0.2) is 72.5 Å². The Morgan fingerprint density at radius 2 is 2.00 bits per heavy atom. The molecule has 0 unspecified atom stereocenters. The summed E-state index contributed by atoms with van der Waals surface area (Å²) >= 11 is 7.56. The van der Waals surface area contributed by atoms with Gasteiger partial charge < -0.3 is 14.5 Å². The zero-order valence-corrected chi connectivity index (χ0v) is 12.7. The minimum Gasteiger partial charge on any atom is -0.378 e. The van der Waals surface area contributed by atoms with Crippen molar-refractivity contribution in [3.8, 4) is 0 Å². The quantitative estimate of drug-likeness (QED) is 0.753. The number of aromatic nitrogens is 3. The molecule has 8 heteroatoms. The van der Waals surface area contributed by atoms with Gasteiger partial charge >= 0.3 is 0 Å². The summed E-state index contributed by atoms with van der Waals surface area (Å²) < 4.78 is 5.32. The Labute approximate surface area is 122 Å². The second-order valence-electron chi connectivity index (χ2n) is 4.44. The molecule has 0 saturated carbocycles. The molecule has 0 spiro atoms. The summed E-state index contributed by atoms with van der Waals surface area (Å²) in [4.78, 5) is 17.0. The number of halogens is 1. The Morgan fingerprint density at radius 3 is 2.68 bits per heavy atom. The van der Waals surface area contributed by atoms with E-state index in [1.165, 1.54) is 0 Å². The lowest BCUT2D eigenvalue weighted by Gasteiger charge is -2.26. The fourth-order valence-corrected chi connectivity index (χ4v) is 2.75. The second kappa shape index (κ2) is 7.23. The van der Waals surface area contributed by atoms with Gasteiger partial charge in [0.2, 0.25) is 11.2 Å². The molecule has 0 aromatic carbocycles. The maximum Gasteiger partial charge on any atom is 0.230 e. The van der Waals surface area contributed by atoms with Gasteiger partial charge in [-0.25, -0.2) is 0 Å².